The van der Waals surface area contributed by atoms with E-state index < -0.39 is 0 Å². The lowest BCUT2D eigenvalue weighted by Gasteiger charge is -2.36. The molecule has 2 heterocycles. The fourth-order valence-electron chi connectivity index (χ4n) is 3.01. The molecule has 4 heteroatoms. The van der Waals surface area contributed by atoms with Gasteiger partial charge in [-0.3, -0.25) is 0 Å². The Kier molecular flexibility index (Phi) is 3.16. The smallest absolute Gasteiger partial charge is 0.168 e. The normalized spacial score (nSPS) is 34.9. The quantitative estimate of drug-likeness (QED) is 0.765. The van der Waals surface area contributed by atoms with Crippen LogP contribution in [0.15, 0.2) is 0 Å². The molecular weight excluding hydrogens is 206 g/mol. The molecule has 1 saturated carbocycles. The van der Waals surface area contributed by atoms with Crippen LogP contribution in [0.5, 0.6) is 0 Å². The molecule has 1 atom stereocenters. The topological polar surface area (TPSA) is 39.7 Å². The fraction of sp³-hybridized carbons (Fsp3) is 1.00. The summed E-state index contributed by atoms with van der Waals surface area (Å²) in [6.07, 6.45) is 5.57. The van der Waals surface area contributed by atoms with E-state index in [1.165, 1.54) is 0 Å². The molecule has 1 spiro atoms. The van der Waals surface area contributed by atoms with Crippen molar-refractivity contribution < 1.29 is 14.2 Å². The van der Waals surface area contributed by atoms with Crippen LogP contribution in [0.3, 0.4) is 0 Å². The molecule has 1 aliphatic carbocycles. The minimum atomic E-state index is -0.218. The van der Waals surface area contributed by atoms with Crippen LogP contribution < -0.4 is 5.32 Å². The second-order valence-electron chi connectivity index (χ2n) is 5.11. The lowest BCUT2D eigenvalue weighted by atomic mass is 9.89. The lowest BCUT2D eigenvalue weighted by Crippen LogP contribution is -2.45. The number of hydrogen-bond acceptors (Lipinski definition) is 4. The number of ether oxygens (including phenoxy) is 3. The van der Waals surface area contributed by atoms with Crippen LogP contribution in [0.1, 0.15) is 32.1 Å². The van der Waals surface area contributed by atoms with E-state index in [1.54, 1.807) is 0 Å². The van der Waals surface area contributed by atoms with Gasteiger partial charge in [-0.05, 0) is 19.3 Å². The van der Waals surface area contributed by atoms with Gasteiger partial charge in [0.2, 0.25) is 0 Å². The Morgan fingerprint density at radius 1 is 0.875 bits per heavy atom. The van der Waals surface area contributed by atoms with Gasteiger partial charge in [0.15, 0.2) is 5.79 Å². The Bertz CT molecular complexity index is 224. The second-order valence-corrected chi connectivity index (χ2v) is 5.11. The Labute approximate surface area is 96.6 Å². The maximum atomic E-state index is 5.73. The summed E-state index contributed by atoms with van der Waals surface area (Å²) in [4.78, 5) is 0. The summed E-state index contributed by atoms with van der Waals surface area (Å²) in [6.45, 7) is 3.35. The Balaban J connectivity index is 1.46. The third-order valence-corrected chi connectivity index (χ3v) is 3.96. The summed E-state index contributed by atoms with van der Waals surface area (Å²) in [5.41, 5.74) is 0. The maximum Gasteiger partial charge on any atom is 0.168 e. The minimum absolute atomic E-state index is 0.218. The van der Waals surface area contributed by atoms with Crippen LogP contribution in [0.2, 0.25) is 0 Å². The molecule has 1 unspecified atom stereocenters. The Morgan fingerprint density at radius 2 is 1.62 bits per heavy atom. The molecule has 2 aliphatic heterocycles. The zero-order valence-corrected chi connectivity index (χ0v) is 9.74. The van der Waals surface area contributed by atoms with Crippen molar-refractivity contribution in [2.45, 2.75) is 50.0 Å². The summed E-state index contributed by atoms with van der Waals surface area (Å²) in [7, 11) is 0. The number of hydrogen-bond donors (Lipinski definition) is 1. The number of rotatable bonds is 2. The van der Waals surface area contributed by atoms with Crippen molar-refractivity contribution in [2.24, 2.45) is 0 Å². The maximum absolute atomic E-state index is 5.73. The van der Waals surface area contributed by atoms with Gasteiger partial charge in [-0.25, -0.2) is 0 Å². The van der Waals surface area contributed by atoms with Crippen molar-refractivity contribution in [2.75, 3.05) is 26.4 Å². The van der Waals surface area contributed by atoms with Crippen LogP contribution in [-0.2, 0) is 14.2 Å². The van der Waals surface area contributed by atoms with Crippen molar-refractivity contribution in [1.82, 2.24) is 5.32 Å². The standard InChI is InChI=1S/C12H21NO3/c1-4-12(15-7-8-16-12)5-2-10(1)13-11-3-6-14-9-11/h10-11,13H,1-9H2. The van der Waals surface area contributed by atoms with Gasteiger partial charge in [0.1, 0.15) is 0 Å². The average molecular weight is 227 g/mol. The Morgan fingerprint density at radius 3 is 2.25 bits per heavy atom. The molecular formula is C12H21NO3. The van der Waals surface area contributed by atoms with E-state index in [2.05, 4.69) is 5.32 Å². The van der Waals surface area contributed by atoms with Crippen molar-refractivity contribution >= 4 is 0 Å². The van der Waals surface area contributed by atoms with Crippen molar-refractivity contribution in [1.29, 1.82) is 0 Å². The summed E-state index contributed by atoms with van der Waals surface area (Å²) < 4.78 is 16.8. The van der Waals surface area contributed by atoms with Crippen LogP contribution in [-0.4, -0.2) is 44.3 Å². The highest BCUT2D eigenvalue weighted by Gasteiger charge is 2.40. The molecule has 0 aromatic carbocycles. The van der Waals surface area contributed by atoms with Gasteiger partial charge < -0.3 is 19.5 Å². The molecule has 16 heavy (non-hydrogen) atoms. The highest BCUT2D eigenvalue weighted by molar-refractivity contribution is 4.87. The van der Waals surface area contributed by atoms with Crippen molar-refractivity contribution in [3.63, 3.8) is 0 Å². The van der Waals surface area contributed by atoms with E-state index in [9.17, 15) is 0 Å². The molecule has 2 saturated heterocycles. The van der Waals surface area contributed by atoms with Crippen LogP contribution in [0, 0.1) is 0 Å². The SMILES string of the molecule is C1CC(NC2CCC3(CC2)OCCO3)CO1. The molecule has 3 aliphatic rings. The first kappa shape index (κ1) is 11.0. The van der Waals surface area contributed by atoms with Gasteiger partial charge in [-0.1, -0.05) is 0 Å². The Hall–Kier alpha value is -0.160. The zero-order valence-electron chi connectivity index (χ0n) is 9.74. The minimum Gasteiger partial charge on any atom is -0.380 e. The van der Waals surface area contributed by atoms with E-state index in [0.29, 0.717) is 12.1 Å². The third kappa shape index (κ3) is 2.25. The second kappa shape index (κ2) is 4.61. The molecule has 0 bridgehead atoms. The number of nitrogens with one attached hydrogen (secondary N) is 1. The van der Waals surface area contributed by atoms with E-state index in [4.69, 9.17) is 14.2 Å². The van der Waals surface area contributed by atoms with Gasteiger partial charge in [0, 0.05) is 31.5 Å². The van der Waals surface area contributed by atoms with Gasteiger partial charge in [0.25, 0.3) is 0 Å². The van der Waals surface area contributed by atoms with Crippen molar-refractivity contribution in [3.8, 4) is 0 Å². The van der Waals surface area contributed by atoms with E-state index >= 15 is 0 Å². The molecule has 0 radical (unpaired) electrons. The van der Waals surface area contributed by atoms with E-state index in [0.717, 1.165) is 58.5 Å². The predicted molar refractivity (Wildman–Crippen MR) is 59.3 cm³/mol. The molecule has 4 nitrogen and oxygen atoms in total. The summed E-state index contributed by atoms with van der Waals surface area (Å²) >= 11 is 0. The molecule has 1 N–H and O–H groups in total. The van der Waals surface area contributed by atoms with Gasteiger partial charge >= 0.3 is 0 Å². The highest BCUT2D eigenvalue weighted by atomic mass is 16.7. The average Bonchev–Trinajstić information content (AvgIpc) is 2.94. The van der Waals surface area contributed by atoms with Crippen molar-refractivity contribution in [3.05, 3.63) is 0 Å². The van der Waals surface area contributed by atoms with Crippen LogP contribution in [0.25, 0.3) is 0 Å². The molecule has 0 aromatic heterocycles. The third-order valence-electron chi connectivity index (χ3n) is 3.96. The van der Waals surface area contributed by atoms with Gasteiger partial charge in [-0.15, -0.1) is 0 Å². The lowest BCUT2D eigenvalue weighted by molar-refractivity contribution is -0.179. The van der Waals surface area contributed by atoms with E-state index in [-0.39, 0.29) is 5.79 Å². The summed E-state index contributed by atoms with van der Waals surface area (Å²) in [5.74, 6) is -0.218. The molecule has 3 rings (SSSR count). The molecule has 0 amide bonds. The van der Waals surface area contributed by atoms with Gasteiger partial charge in [0.05, 0.1) is 19.8 Å². The molecule has 92 valence electrons. The first-order valence-corrected chi connectivity index (χ1v) is 6.48. The van der Waals surface area contributed by atoms with Crippen LogP contribution >= 0.6 is 0 Å². The van der Waals surface area contributed by atoms with E-state index in [1.807, 2.05) is 0 Å². The first-order valence-electron chi connectivity index (χ1n) is 6.48. The monoisotopic (exact) mass is 227 g/mol. The largest absolute Gasteiger partial charge is 0.380 e. The highest BCUT2D eigenvalue weighted by Crippen LogP contribution is 2.35. The molecule has 0 aromatic rings. The predicted octanol–water partition coefficient (Wildman–Crippen LogP) is 1.05. The van der Waals surface area contributed by atoms with Crippen LogP contribution in [0.4, 0.5) is 0 Å². The molecule has 3 fully saturated rings. The van der Waals surface area contributed by atoms with Gasteiger partial charge in [-0.2, -0.15) is 0 Å². The fourth-order valence-corrected chi connectivity index (χ4v) is 3.01. The summed E-state index contributed by atoms with van der Waals surface area (Å²) in [5, 5.41) is 3.69. The zero-order chi connectivity index (χ0) is 10.8. The first-order chi connectivity index (χ1) is 7.86. The summed E-state index contributed by atoms with van der Waals surface area (Å²) in [6, 6.07) is 1.20.